The lowest BCUT2D eigenvalue weighted by Gasteiger charge is -2.10. The van der Waals surface area contributed by atoms with E-state index in [0.717, 1.165) is 5.69 Å². The smallest absolute Gasteiger partial charge is 0.193 e. The highest BCUT2D eigenvalue weighted by Crippen LogP contribution is 2.23. The summed E-state index contributed by atoms with van der Waals surface area (Å²) < 4.78 is 5.23. The quantitative estimate of drug-likeness (QED) is 0.252. The van der Waals surface area contributed by atoms with Crippen LogP contribution in [-0.2, 0) is 0 Å². The molecular formula is C15H18Cl2IN5O. The van der Waals surface area contributed by atoms with Crippen LogP contribution in [0.15, 0.2) is 41.5 Å². The summed E-state index contributed by atoms with van der Waals surface area (Å²) in [5.74, 6) is 1.55. The number of nitrogens with one attached hydrogen (secondary N) is 2. The van der Waals surface area contributed by atoms with Gasteiger partial charge in [0.15, 0.2) is 5.96 Å². The molecule has 0 radical (unpaired) electrons. The van der Waals surface area contributed by atoms with Crippen LogP contribution in [-0.4, -0.2) is 31.1 Å². The number of methoxy groups -OCH3 is 1. The number of guanidine groups is 1. The molecule has 9 heteroatoms. The molecule has 4 N–H and O–H groups in total. The Morgan fingerprint density at radius 2 is 2.08 bits per heavy atom. The number of benzene rings is 1. The molecule has 2 aromatic rings. The minimum absolute atomic E-state index is 0. The van der Waals surface area contributed by atoms with Gasteiger partial charge in [0.2, 0.25) is 0 Å². The first-order valence-electron chi connectivity index (χ1n) is 6.85. The van der Waals surface area contributed by atoms with Crippen LogP contribution in [0, 0.1) is 0 Å². The number of pyridine rings is 1. The Labute approximate surface area is 167 Å². The Hall–Kier alpha value is -1.45. The van der Waals surface area contributed by atoms with Crippen molar-refractivity contribution in [1.29, 1.82) is 0 Å². The average Bonchev–Trinajstić information content (AvgIpc) is 2.53. The van der Waals surface area contributed by atoms with E-state index in [1.807, 2.05) is 24.3 Å². The van der Waals surface area contributed by atoms with Crippen molar-refractivity contribution in [3.05, 3.63) is 46.6 Å². The molecule has 2 rings (SSSR count). The van der Waals surface area contributed by atoms with E-state index in [1.165, 1.54) is 6.20 Å². The molecule has 1 aromatic carbocycles. The molecule has 0 aliphatic heterocycles. The molecule has 0 aliphatic rings. The highest BCUT2D eigenvalue weighted by atomic mass is 127. The molecule has 130 valence electrons. The normalized spacial score (nSPS) is 10.7. The molecule has 0 unspecified atom stereocenters. The maximum atomic E-state index is 6.02. The summed E-state index contributed by atoms with van der Waals surface area (Å²) in [6.07, 6.45) is 1.52. The maximum Gasteiger partial charge on any atom is 0.193 e. The van der Waals surface area contributed by atoms with Gasteiger partial charge in [-0.05, 0) is 18.2 Å². The molecule has 0 spiro atoms. The Balaban J connectivity index is 0.00000288. The Morgan fingerprint density at radius 3 is 2.79 bits per heavy atom. The van der Waals surface area contributed by atoms with Crippen molar-refractivity contribution >= 4 is 64.6 Å². The van der Waals surface area contributed by atoms with Crippen molar-refractivity contribution in [3.63, 3.8) is 0 Å². The molecule has 0 fully saturated rings. The van der Waals surface area contributed by atoms with Gasteiger partial charge in [-0.3, -0.25) is 4.99 Å². The van der Waals surface area contributed by atoms with E-state index in [-0.39, 0.29) is 24.0 Å². The summed E-state index contributed by atoms with van der Waals surface area (Å²) in [4.78, 5) is 8.32. The summed E-state index contributed by atoms with van der Waals surface area (Å²) in [7, 11) is 1.60. The van der Waals surface area contributed by atoms with Gasteiger partial charge in [-0.2, -0.15) is 0 Å². The number of hydrogen-bond donors (Lipinski definition) is 3. The Kier molecular flexibility index (Phi) is 8.94. The van der Waals surface area contributed by atoms with Crippen LogP contribution < -0.4 is 21.1 Å². The van der Waals surface area contributed by atoms with Crippen LogP contribution in [0.3, 0.4) is 0 Å². The van der Waals surface area contributed by atoms with E-state index in [0.29, 0.717) is 40.7 Å². The zero-order chi connectivity index (χ0) is 16.7. The first-order chi connectivity index (χ1) is 11.1. The molecule has 1 heterocycles. The standard InChI is InChI=1S/C15H17Cl2N5O.HI/c1-23-13-5-3-2-4-12(13)22-15(18)20-7-6-19-14-11(17)8-10(16)9-21-14;/h2-5,8-9H,6-7H2,1H3,(H,19,21)(H3,18,20,22);1H. The maximum absolute atomic E-state index is 6.02. The van der Waals surface area contributed by atoms with Gasteiger partial charge in [-0.15, -0.1) is 24.0 Å². The van der Waals surface area contributed by atoms with E-state index in [1.54, 1.807) is 13.2 Å². The number of hydrogen-bond acceptors (Lipinski definition) is 4. The highest BCUT2D eigenvalue weighted by Gasteiger charge is 2.03. The predicted molar refractivity (Wildman–Crippen MR) is 111 cm³/mol. The summed E-state index contributed by atoms with van der Waals surface area (Å²) in [6.45, 7) is 0.983. The van der Waals surface area contributed by atoms with Gasteiger partial charge >= 0.3 is 0 Å². The molecule has 0 saturated carbocycles. The molecule has 0 saturated heterocycles. The van der Waals surface area contributed by atoms with Crippen LogP contribution in [0.2, 0.25) is 10.0 Å². The van der Waals surface area contributed by atoms with E-state index in [2.05, 4.69) is 20.6 Å². The Bertz CT molecular complexity index is 699. The van der Waals surface area contributed by atoms with E-state index in [4.69, 9.17) is 33.7 Å². The van der Waals surface area contributed by atoms with E-state index >= 15 is 0 Å². The monoisotopic (exact) mass is 481 g/mol. The fraction of sp³-hybridized carbons (Fsp3) is 0.200. The zero-order valence-electron chi connectivity index (χ0n) is 12.9. The van der Waals surface area contributed by atoms with Gasteiger partial charge in [-0.1, -0.05) is 35.3 Å². The first kappa shape index (κ1) is 20.6. The molecule has 1 aromatic heterocycles. The fourth-order valence-corrected chi connectivity index (χ4v) is 2.27. The lowest BCUT2D eigenvalue weighted by Crippen LogP contribution is -2.24. The van der Waals surface area contributed by atoms with E-state index < -0.39 is 0 Å². The molecule has 0 amide bonds. The number of halogens is 3. The second-order valence-electron chi connectivity index (χ2n) is 4.50. The molecule has 24 heavy (non-hydrogen) atoms. The van der Waals surface area contributed by atoms with Crippen molar-refractivity contribution < 1.29 is 4.74 Å². The minimum atomic E-state index is 0. The van der Waals surface area contributed by atoms with Crippen molar-refractivity contribution in [1.82, 2.24) is 4.98 Å². The molecular weight excluding hydrogens is 464 g/mol. The van der Waals surface area contributed by atoms with Crippen molar-refractivity contribution in [2.45, 2.75) is 0 Å². The Morgan fingerprint density at radius 1 is 1.33 bits per heavy atom. The summed E-state index contributed by atoms with van der Waals surface area (Å²) in [5, 5.41) is 7.01. The van der Waals surface area contributed by atoms with Gasteiger partial charge < -0.3 is 21.1 Å². The minimum Gasteiger partial charge on any atom is -0.495 e. The lowest BCUT2D eigenvalue weighted by atomic mass is 10.3. The predicted octanol–water partition coefficient (Wildman–Crippen LogP) is 3.85. The number of aromatic nitrogens is 1. The number of anilines is 2. The van der Waals surface area contributed by atoms with Gasteiger partial charge in [0.1, 0.15) is 11.6 Å². The number of para-hydroxylation sites is 2. The van der Waals surface area contributed by atoms with Gasteiger partial charge in [0, 0.05) is 12.7 Å². The SMILES string of the molecule is COc1ccccc1NC(N)=NCCNc1ncc(Cl)cc1Cl.I. The van der Waals surface area contributed by atoms with Gasteiger partial charge in [-0.25, -0.2) is 4.98 Å². The fourth-order valence-electron chi connectivity index (χ4n) is 1.82. The lowest BCUT2D eigenvalue weighted by molar-refractivity contribution is 0.417. The number of aliphatic imine (C=N–C) groups is 1. The number of rotatable bonds is 6. The van der Waals surface area contributed by atoms with Gasteiger partial charge in [0.25, 0.3) is 0 Å². The summed E-state index contributed by atoms with van der Waals surface area (Å²) in [5.41, 5.74) is 6.61. The summed E-state index contributed by atoms with van der Waals surface area (Å²) in [6, 6.07) is 9.08. The van der Waals surface area contributed by atoms with Crippen LogP contribution in [0.1, 0.15) is 0 Å². The average molecular weight is 482 g/mol. The van der Waals surface area contributed by atoms with Crippen molar-refractivity contribution in [3.8, 4) is 5.75 Å². The molecule has 0 bridgehead atoms. The van der Waals surface area contributed by atoms with Crippen LogP contribution in [0.25, 0.3) is 0 Å². The second-order valence-corrected chi connectivity index (χ2v) is 5.35. The van der Waals surface area contributed by atoms with E-state index in [9.17, 15) is 0 Å². The number of ether oxygens (including phenoxy) is 1. The highest BCUT2D eigenvalue weighted by molar-refractivity contribution is 14.0. The third kappa shape index (κ3) is 6.21. The van der Waals surface area contributed by atoms with Crippen LogP contribution >= 0.6 is 47.2 Å². The second kappa shape index (κ2) is 10.4. The number of nitrogens with zero attached hydrogens (tertiary/aromatic N) is 2. The van der Waals surface area contributed by atoms with Crippen LogP contribution in [0.5, 0.6) is 5.75 Å². The first-order valence-corrected chi connectivity index (χ1v) is 7.60. The van der Waals surface area contributed by atoms with Crippen molar-refractivity contribution in [2.75, 3.05) is 30.8 Å². The third-order valence-electron chi connectivity index (χ3n) is 2.86. The summed E-state index contributed by atoms with van der Waals surface area (Å²) >= 11 is 11.8. The zero-order valence-corrected chi connectivity index (χ0v) is 16.8. The third-order valence-corrected chi connectivity index (χ3v) is 3.36. The molecule has 6 nitrogen and oxygen atoms in total. The molecule has 0 atom stereocenters. The largest absolute Gasteiger partial charge is 0.495 e. The van der Waals surface area contributed by atoms with Crippen LogP contribution in [0.4, 0.5) is 11.5 Å². The van der Waals surface area contributed by atoms with Crippen molar-refractivity contribution in [2.24, 2.45) is 10.7 Å². The topological polar surface area (TPSA) is 84.6 Å². The number of nitrogens with two attached hydrogens (primary N) is 1. The molecule has 0 aliphatic carbocycles. The van der Waals surface area contributed by atoms with Gasteiger partial charge in [0.05, 0.1) is 29.4 Å².